The lowest BCUT2D eigenvalue weighted by Crippen LogP contribution is -2.11. The number of anilines is 1. The first kappa shape index (κ1) is 19.3. The number of hydrogen-bond acceptors (Lipinski definition) is 7. The van der Waals surface area contributed by atoms with Crippen molar-refractivity contribution in [3.05, 3.63) is 57.9 Å². The molecule has 4 aromatic rings. The van der Waals surface area contributed by atoms with Crippen molar-refractivity contribution in [2.45, 2.75) is 13.8 Å². The van der Waals surface area contributed by atoms with Crippen LogP contribution in [0.25, 0.3) is 22.0 Å². The van der Waals surface area contributed by atoms with Gasteiger partial charge in [0.1, 0.15) is 10.6 Å². The van der Waals surface area contributed by atoms with E-state index >= 15 is 0 Å². The van der Waals surface area contributed by atoms with Gasteiger partial charge in [0.25, 0.3) is 5.91 Å². The highest BCUT2D eigenvalue weighted by molar-refractivity contribution is 7.17. The SMILES string of the molecule is COc1ccc(-c2csc(NC(=O)c3sc(-c4ccc(C)o4)nc3C)n2)cc1F. The van der Waals surface area contributed by atoms with Gasteiger partial charge in [0.15, 0.2) is 27.5 Å². The number of furan rings is 1. The van der Waals surface area contributed by atoms with E-state index in [2.05, 4.69) is 15.3 Å². The number of hydrogen-bond donors (Lipinski definition) is 1. The fourth-order valence-electron chi connectivity index (χ4n) is 2.71. The van der Waals surface area contributed by atoms with Gasteiger partial charge in [-0.2, -0.15) is 0 Å². The monoisotopic (exact) mass is 429 g/mol. The Morgan fingerprint density at radius 3 is 2.72 bits per heavy atom. The van der Waals surface area contributed by atoms with E-state index in [-0.39, 0.29) is 11.7 Å². The molecule has 1 amide bonds. The first-order chi connectivity index (χ1) is 13.9. The van der Waals surface area contributed by atoms with Crippen molar-refractivity contribution >= 4 is 33.7 Å². The van der Waals surface area contributed by atoms with Crippen LogP contribution in [-0.4, -0.2) is 23.0 Å². The Balaban J connectivity index is 1.52. The van der Waals surface area contributed by atoms with E-state index in [0.717, 1.165) is 5.76 Å². The smallest absolute Gasteiger partial charge is 0.269 e. The molecule has 3 heterocycles. The molecular weight excluding hydrogens is 413 g/mol. The Hall–Kier alpha value is -3.04. The Kier molecular flexibility index (Phi) is 5.16. The first-order valence-electron chi connectivity index (χ1n) is 8.59. The first-order valence-corrected chi connectivity index (χ1v) is 10.3. The van der Waals surface area contributed by atoms with Gasteiger partial charge in [0.05, 0.1) is 18.5 Å². The third-order valence-electron chi connectivity index (χ3n) is 4.13. The summed E-state index contributed by atoms with van der Waals surface area (Å²) >= 11 is 2.52. The second kappa shape index (κ2) is 7.76. The zero-order valence-corrected chi connectivity index (χ0v) is 17.4. The van der Waals surface area contributed by atoms with Crippen molar-refractivity contribution in [1.82, 2.24) is 9.97 Å². The maximum Gasteiger partial charge on any atom is 0.269 e. The molecule has 1 N–H and O–H groups in total. The van der Waals surface area contributed by atoms with Crippen LogP contribution in [0.1, 0.15) is 21.1 Å². The van der Waals surface area contributed by atoms with Crippen molar-refractivity contribution in [3.63, 3.8) is 0 Å². The average Bonchev–Trinajstić information content (AvgIpc) is 3.41. The van der Waals surface area contributed by atoms with E-state index in [1.54, 1.807) is 24.4 Å². The van der Waals surface area contributed by atoms with Gasteiger partial charge in [0.2, 0.25) is 0 Å². The molecule has 29 heavy (non-hydrogen) atoms. The quantitative estimate of drug-likeness (QED) is 0.450. The third kappa shape index (κ3) is 3.92. The highest BCUT2D eigenvalue weighted by atomic mass is 32.1. The van der Waals surface area contributed by atoms with Gasteiger partial charge in [0, 0.05) is 10.9 Å². The molecule has 0 fully saturated rings. The molecule has 0 spiro atoms. The van der Waals surface area contributed by atoms with Gasteiger partial charge in [-0.25, -0.2) is 14.4 Å². The minimum absolute atomic E-state index is 0.167. The normalized spacial score (nSPS) is 10.9. The summed E-state index contributed by atoms with van der Waals surface area (Å²) in [5, 5.41) is 5.61. The number of amides is 1. The minimum atomic E-state index is -0.468. The molecule has 0 aliphatic carbocycles. The third-order valence-corrected chi connectivity index (χ3v) is 6.05. The number of halogens is 1. The van der Waals surface area contributed by atoms with Crippen molar-refractivity contribution in [1.29, 1.82) is 0 Å². The van der Waals surface area contributed by atoms with E-state index in [4.69, 9.17) is 9.15 Å². The molecule has 3 aromatic heterocycles. The molecule has 0 bridgehead atoms. The molecule has 9 heteroatoms. The van der Waals surface area contributed by atoms with Gasteiger partial charge < -0.3 is 9.15 Å². The number of aryl methyl sites for hydroxylation is 2. The zero-order chi connectivity index (χ0) is 20.5. The molecule has 0 aliphatic heterocycles. The minimum Gasteiger partial charge on any atom is -0.494 e. The number of benzene rings is 1. The number of nitrogens with one attached hydrogen (secondary N) is 1. The number of carbonyl (C=O) groups is 1. The van der Waals surface area contributed by atoms with Gasteiger partial charge in [-0.1, -0.05) is 0 Å². The topological polar surface area (TPSA) is 77.2 Å². The second-order valence-corrected chi connectivity index (χ2v) is 8.04. The summed E-state index contributed by atoms with van der Waals surface area (Å²) in [6, 6.07) is 8.29. The number of nitrogens with zero attached hydrogens (tertiary/aromatic N) is 2. The van der Waals surface area contributed by atoms with Crippen LogP contribution in [0.5, 0.6) is 5.75 Å². The molecule has 0 saturated heterocycles. The van der Waals surface area contributed by atoms with Gasteiger partial charge in [-0.15, -0.1) is 22.7 Å². The molecule has 1 aromatic carbocycles. The molecule has 0 atom stereocenters. The largest absolute Gasteiger partial charge is 0.494 e. The summed E-state index contributed by atoms with van der Waals surface area (Å²) in [7, 11) is 1.41. The highest BCUT2D eigenvalue weighted by Crippen LogP contribution is 2.31. The summed E-state index contributed by atoms with van der Waals surface area (Å²) in [6.45, 7) is 3.63. The number of rotatable bonds is 5. The Labute approximate surface area is 174 Å². The van der Waals surface area contributed by atoms with Crippen molar-refractivity contribution in [2.24, 2.45) is 0 Å². The molecule has 0 aliphatic rings. The van der Waals surface area contributed by atoms with E-state index in [9.17, 15) is 9.18 Å². The van der Waals surface area contributed by atoms with E-state index < -0.39 is 5.82 Å². The molecule has 0 radical (unpaired) electrons. The molecule has 0 unspecified atom stereocenters. The Morgan fingerprint density at radius 2 is 2.03 bits per heavy atom. The number of thiazole rings is 2. The maximum absolute atomic E-state index is 13.9. The summed E-state index contributed by atoms with van der Waals surface area (Å²) in [5.74, 6) is 0.818. The molecular formula is C20H16FN3O3S2. The van der Waals surface area contributed by atoms with E-state index in [1.807, 2.05) is 19.1 Å². The predicted molar refractivity (Wildman–Crippen MR) is 111 cm³/mol. The molecule has 4 rings (SSSR count). The standard InChI is InChI=1S/C20H16FN3O3S2/c1-10-4-6-16(27-10)19-22-11(2)17(29-19)18(25)24-20-23-14(9-28-20)12-5-7-15(26-3)13(21)8-12/h4-9H,1-3H3,(H,23,24,25). The maximum atomic E-state index is 13.9. The Morgan fingerprint density at radius 1 is 1.21 bits per heavy atom. The van der Waals surface area contributed by atoms with Crippen LogP contribution in [0.15, 0.2) is 40.1 Å². The van der Waals surface area contributed by atoms with Crippen LogP contribution >= 0.6 is 22.7 Å². The van der Waals surface area contributed by atoms with Gasteiger partial charge >= 0.3 is 0 Å². The fraction of sp³-hybridized carbons (Fsp3) is 0.150. The van der Waals surface area contributed by atoms with Crippen LogP contribution in [-0.2, 0) is 0 Å². The van der Waals surface area contributed by atoms with Crippen LogP contribution in [0.3, 0.4) is 0 Å². The van der Waals surface area contributed by atoms with Gasteiger partial charge in [-0.05, 0) is 44.2 Å². The summed E-state index contributed by atoms with van der Waals surface area (Å²) in [4.78, 5) is 22.0. The highest BCUT2D eigenvalue weighted by Gasteiger charge is 2.19. The number of carbonyl (C=O) groups excluding carboxylic acids is 1. The molecule has 6 nitrogen and oxygen atoms in total. The molecule has 148 valence electrons. The number of methoxy groups -OCH3 is 1. The number of aromatic nitrogens is 2. The van der Waals surface area contributed by atoms with Crippen LogP contribution < -0.4 is 10.1 Å². The van der Waals surface area contributed by atoms with Crippen molar-refractivity contribution in [3.8, 4) is 27.8 Å². The lowest BCUT2D eigenvalue weighted by Gasteiger charge is -2.03. The average molecular weight is 429 g/mol. The van der Waals surface area contributed by atoms with Crippen LogP contribution in [0.4, 0.5) is 9.52 Å². The van der Waals surface area contributed by atoms with Crippen LogP contribution in [0, 0.1) is 19.7 Å². The Bertz CT molecular complexity index is 1200. The van der Waals surface area contributed by atoms with Gasteiger partial charge in [-0.3, -0.25) is 10.1 Å². The van der Waals surface area contributed by atoms with Crippen LogP contribution in [0.2, 0.25) is 0 Å². The molecule has 0 saturated carbocycles. The lowest BCUT2D eigenvalue weighted by atomic mass is 10.1. The zero-order valence-electron chi connectivity index (χ0n) is 15.8. The second-order valence-electron chi connectivity index (χ2n) is 6.19. The van der Waals surface area contributed by atoms with Crippen molar-refractivity contribution in [2.75, 3.05) is 12.4 Å². The summed E-state index contributed by atoms with van der Waals surface area (Å²) in [5.41, 5.74) is 1.79. The van der Waals surface area contributed by atoms with E-state index in [0.29, 0.717) is 37.7 Å². The van der Waals surface area contributed by atoms with Crippen molar-refractivity contribution < 1.29 is 18.3 Å². The lowest BCUT2D eigenvalue weighted by molar-refractivity contribution is 0.103. The van der Waals surface area contributed by atoms with E-state index in [1.165, 1.54) is 35.8 Å². The fourth-order valence-corrected chi connectivity index (χ4v) is 4.34. The summed E-state index contributed by atoms with van der Waals surface area (Å²) < 4.78 is 24.4. The number of ether oxygens (including phenoxy) is 1. The summed E-state index contributed by atoms with van der Waals surface area (Å²) in [6.07, 6.45) is 0. The predicted octanol–water partition coefficient (Wildman–Crippen LogP) is 5.54.